The Hall–Kier alpha value is -1.85. The minimum Gasteiger partial charge on any atom is -0.497 e. The summed E-state index contributed by atoms with van der Waals surface area (Å²) in [5, 5.41) is 2.08. The van der Waals surface area contributed by atoms with Gasteiger partial charge in [-0.1, -0.05) is 0 Å². The molecular weight excluding hydrogens is 218 g/mol. The number of benzene rings is 1. The quantitative estimate of drug-likeness (QED) is 0.765. The zero-order valence-electron chi connectivity index (χ0n) is 8.67. The van der Waals surface area contributed by atoms with Gasteiger partial charge in [0.15, 0.2) is 0 Å². The third kappa shape index (κ3) is 3.38. The Bertz CT molecular complexity index is 383. The molecule has 0 radical (unpaired) electrons. The average Bonchev–Trinajstić information content (AvgIpc) is 2.24. The predicted molar refractivity (Wildman–Crippen MR) is 55.7 cm³/mol. The number of anilines is 1. The van der Waals surface area contributed by atoms with E-state index < -0.39 is 18.9 Å². The zero-order chi connectivity index (χ0) is 12.1. The van der Waals surface area contributed by atoms with Crippen molar-refractivity contribution in [1.29, 1.82) is 0 Å². The van der Waals surface area contributed by atoms with Gasteiger partial charge in [0.2, 0.25) is 0 Å². The third-order valence-electron chi connectivity index (χ3n) is 1.84. The number of hydrogen-bond donors (Lipinski definition) is 2. The van der Waals surface area contributed by atoms with Crippen LogP contribution >= 0.6 is 0 Å². The Morgan fingerprint density at radius 1 is 1.50 bits per heavy atom. The van der Waals surface area contributed by atoms with Crippen molar-refractivity contribution in [3.8, 4) is 5.75 Å². The van der Waals surface area contributed by atoms with Crippen LogP contribution in [0.25, 0.3) is 0 Å². The monoisotopic (exact) mass is 230 g/mol. The summed E-state index contributed by atoms with van der Waals surface area (Å²) < 4.78 is 28.6. The van der Waals surface area contributed by atoms with Crippen LogP contribution in [0.15, 0.2) is 18.2 Å². The third-order valence-corrected chi connectivity index (χ3v) is 1.84. The number of hydrogen-bond acceptors (Lipinski definition) is 3. The van der Waals surface area contributed by atoms with Crippen LogP contribution in [0.4, 0.5) is 14.5 Å². The van der Waals surface area contributed by atoms with Gasteiger partial charge in [0.25, 0.3) is 12.3 Å². The van der Waals surface area contributed by atoms with Crippen molar-refractivity contribution in [2.75, 3.05) is 19.4 Å². The number of nitrogens with two attached hydrogens (primary N) is 1. The number of ether oxygens (including phenoxy) is 1. The fraction of sp³-hybridized carbons (Fsp3) is 0.300. The van der Waals surface area contributed by atoms with Crippen molar-refractivity contribution in [2.45, 2.75) is 6.43 Å². The van der Waals surface area contributed by atoms with Crippen LogP contribution in [-0.2, 0) is 0 Å². The van der Waals surface area contributed by atoms with Crippen LogP contribution < -0.4 is 15.8 Å². The van der Waals surface area contributed by atoms with Crippen molar-refractivity contribution in [3.05, 3.63) is 23.8 Å². The molecule has 0 saturated carbocycles. The van der Waals surface area contributed by atoms with E-state index in [9.17, 15) is 13.6 Å². The predicted octanol–water partition coefficient (Wildman–Crippen LogP) is 1.27. The number of methoxy groups -OCH3 is 1. The minimum atomic E-state index is -2.58. The van der Waals surface area contributed by atoms with Crippen molar-refractivity contribution in [2.24, 2.45) is 0 Å². The molecule has 0 aromatic heterocycles. The molecule has 88 valence electrons. The summed E-state index contributed by atoms with van der Waals surface area (Å²) in [6.07, 6.45) is -2.58. The van der Waals surface area contributed by atoms with E-state index in [-0.39, 0.29) is 5.56 Å². The molecule has 0 aliphatic rings. The molecule has 16 heavy (non-hydrogen) atoms. The van der Waals surface area contributed by atoms with Gasteiger partial charge >= 0.3 is 0 Å². The number of rotatable bonds is 4. The fourth-order valence-electron chi connectivity index (χ4n) is 1.14. The van der Waals surface area contributed by atoms with E-state index in [1.807, 2.05) is 0 Å². The maximum Gasteiger partial charge on any atom is 0.255 e. The van der Waals surface area contributed by atoms with Crippen molar-refractivity contribution < 1.29 is 18.3 Å². The second-order valence-corrected chi connectivity index (χ2v) is 3.10. The van der Waals surface area contributed by atoms with Crippen LogP contribution in [0.1, 0.15) is 10.4 Å². The van der Waals surface area contributed by atoms with Gasteiger partial charge < -0.3 is 15.8 Å². The van der Waals surface area contributed by atoms with Crippen molar-refractivity contribution in [1.82, 2.24) is 5.32 Å². The molecule has 0 saturated heterocycles. The summed E-state index contributed by atoms with van der Waals surface area (Å²) in [6, 6.07) is 4.35. The standard InChI is InChI=1S/C10H12F2N2O2/c1-16-8-3-6(2-7(13)4-8)10(15)14-5-9(11)12/h2-4,9H,5,13H2,1H3,(H,14,15). The molecule has 1 amide bonds. The van der Waals surface area contributed by atoms with Crippen LogP contribution in [0.5, 0.6) is 5.75 Å². The topological polar surface area (TPSA) is 64.3 Å². The lowest BCUT2D eigenvalue weighted by Gasteiger charge is -2.07. The van der Waals surface area contributed by atoms with Crippen LogP contribution in [0.3, 0.4) is 0 Å². The van der Waals surface area contributed by atoms with Gasteiger partial charge in [0.1, 0.15) is 5.75 Å². The molecule has 4 nitrogen and oxygen atoms in total. The van der Waals surface area contributed by atoms with Crippen LogP contribution in [0, 0.1) is 0 Å². The fourth-order valence-corrected chi connectivity index (χ4v) is 1.14. The summed E-state index contributed by atoms with van der Waals surface area (Å²) >= 11 is 0. The van der Waals surface area contributed by atoms with Crippen molar-refractivity contribution >= 4 is 11.6 Å². The molecule has 0 aliphatic carbocycles. The summed E-state index contributed by atoms with van der Waals surface area (Å²) in [7, 11) is 1.43. The van der Waals surface area contributed by atoms with Crippen LogP contribution in [0.2, 0.25) is 0 Å². The normalized spacial score (nSPS) is 10.2. The van der Waals surface area contributed by atoms with Gasteiger partial charge in [0, 0.05) is 17.3 Å². The first-order valence-electron chi connectivity index (χ1n) is 4.54. The number of nitrogen functional groups attached to an aromatic ring is 1. The smallest absolute Gasteiger partial charge is 0.255 e. The Balaban J connectivity index is 2.78. The van der Waals surface area contributed by atoms with E-state index in [2.05, 4.69) is 5.32 Å². The average molecular weight is 230 g/mol. The molecule has 0 fully saturated rings. The Labute approximate surface area is 91.4 Å². The Kier molecular flexibility index (Phi) is 4.04. The van der Waals surface area contributed by atoms with E-state index in [1.165, 1.54) is 25.3 Å². The lowest BCUT2D eigenvalue weighted by atomic mass is 10.2. The number of alkyl halides is 2. The van der Waals surface area contributed by atoms with Gasteiger partial charge in [-0.05, 0) is 12.1 Å². The molecule has 0 bridgehead atoms. The number of amides is 1. The summed E-state index contributed by atoms with van der Waals surface area (Å²) in [5.41, 5.74) is 6.05. The Morgan fingerprint density at radius 2 is 2.19 bits per heavy atom. The lowest BCUT2D eigenvalue weighted by Crippen LogP contribution is -2.28. The number of halogens is 2. The molecule has 3 N–H and O–H groups in total. The van der Waals surface area contributed by atoms with E-state index in [0.29, 0.717) is 11.4 Å². The van der Waals surface area contributed by atoms with E-state index in [4.69, 9.17) is 10.5 Å². The molecule has 1 aromatic rings. The molecule has 1 aromatic carbocycles. The van der Waals surface area contributed by atoms with Gasteiger partial charge in [0.05, 0.1) is 13.7 Å². The zero-order valence-corrected chi connectivity index (χ0v) is 8.67. The second kappa shape index (κ2) is 5.29. The molecule has 6 heteroatoms. The highest BCUT2D eigenvalue weighted by molar-refractivity contribution is 5.95. The first kappa shape index (κ1) is 12.2. The van der Waals surface area contributed by atoms with Gasteiger partial charge in [-0.25, -0.2) is 8.78 Å². The first-order valence-corrected chi connectivity index (χ1v) is 4.54. The number of carbonyl (C=O) groups is 1. The number of nitrogens with one attached hydrogen (secondary N) is 1. The molecule has 0 spiro atoms. The van der Waals surface area contributed by atoms with Gasteiger partial charge in [-0.15, -0.1) is 0 Å². The maximum atomic E-state index is 11.9. The highest BCUT2D eigenvalue weighted by atomic mass is 19.3. The van der Waals surface area contributed by atoms with E-state index in [1.54, 1.807) is 0 Å². The summed E-state index contributed by atoms with van der Waals surface area (Å²) in [5.74, 6) is -0.201. The Morgan fingerprint density at radius 3 is 2.75 bits per heavy atom. The second-order valence-electron chi connectivity index (χ2n) is 3.10. The molecule has 0 unspecified atom stereocenters. The lowest BCUT2D eigenvalue weighted by molar-refractivity contribution is 0.0891. The molecule has 1 rings (SSSR count). The minimum absolute atomic E-state index is 0.192. The van der Waals surface area contributed by atoms with E-state index in [0.717, 1.165) is 0 Å². The van der Waals surface area contributed by atoms with Gasteiger partial charge in [-0.2, -0.15) is 0 Å². The summed E-state index contributed by atoms with van der Waals surface area (Å²) in [6.45, 7) is -0.685. The molecule has 0 heterocycles. The van der Waals surface area contributed by atoms with Crippen molar-refractivity contribution in [3.63, 3.8) is 0 Å². The molecular formula is C10H12F2N2O2. The highest BCUT2D eigenvalue weighted by Crippen LogP contribution is 2.18. The van der Waals surface area contributed by atoms with E-state index >= 15 is 0 Å². The number of carbonyl (C=O) groups excluding carboxylic acids is 1. The highest BCUT2D eigenvalue weighted by Gasteiger charge is 2.10. The SMILES string of the molecule is COc1cc(N)cc(C(=O)NCC(F)F)c1. The summed E-state index contributed by atoms with van der Waals surface area (Å²) in [4.78, 5) is 11.4. The maximum absolute atomic E-state index is 11.9. The first-order chi connectivity index (χ1) is 7.52. The van der Waals surface area contributed by atoms with Gasteiger partial charge in [-0.3, -0.25) is 4.79 Å². The largest absolute Gasteiger partial charge is 0.497 e. The van der Waals surface area contributed by atoms with Crippen LogP contribution in [-0.4, -0.2) is 26.0 Å². The molecule has 0 aliphatic heterocycles. The molecule has 0 atom stereocenters.